The fourth-order valence-electron chi connectivity index (χ4n) is 2.30. The van der Waals surface area contributed by atoms with Gasteiger partial charge in [0.05, 0.1) is 18.4 Å². The monoisotopic (exact) mass is 286 g/mol. The summed E-state index contributed by atoms with van der Waals surface area (Å²) < 4.78 is 7.46. The molecule has 6 heteroatoms. The number of hydrogen-bond donors (Lipinski definition) is 2. The summed E-state index contributed by atoms with van der Waals surface area (Å²) >= 11 is 0. The minimum atomic E-state index is -0.492. The molecule has 1 aliphatic heterocycles. The van der Waals surface area contributed by atoms with Gasteiger partial charge in [0, 0.05) is 19.8 Å². The molecule has 6 nitrogen and oxygen atoms in total. The maximum absolute atomic E-state index is 12.1. The van der Waals surface area contributed by atoms with Crippen LogP contribution < -0.4 is 15.4 Å². The Hall–Kier alpha value is -2.50. The first-order valence-electron chi connectivity index (χ1n) is 6.97. The van der Waals surface area contributed by atoms with E-state index in [0.717, 1.165) is 23.4 Å². The first-order chi connectivity index (χ1) is 10.2. The van der Waals surface area contributed by atoms with Gasteiger partial charge in [-0.05, 0) is 24.1 Å². The molecule has 21 heavy (non-hydrogen) atoms. The van der Waals surface area contributed by atoms with E-state index in [0.29, 0.717) is 13.1 Å². The van der Waals surface area contributed by atoms with Crippen molar-refractivity contribution in [3.8, 4) is 5.75 Å². The number of hydrogen-bond acceptors (Lipinski definition) is 4. The molecule has 1 unspecified atom stereocenters. The molecule has 1 aromatic carbocycles. The van der Waals surface area contributed by atoms with Gasteiger partial charge in [0.25, 0.3) is 5.91 Å². The van der Waals surface area contributed by atoms with E-state index < -0.39 is 6.10 Å². The number of carbonyl (C=O) groups excluding carboxylic acids is 1. The molecule has 2 N–H and O–H groups in total. The molecular weight excluding hydrogens is 268 g/mol. The van der Waals surface area contributed by atoms with Gasteiger partial charge in [-0.15, -0.1) is 0 Å². The Bertz CT molecular complexity index is 638. The molecule has 1 atom stereocenters. The highest BCUT2D eigenvalue weighted by Gasteiger charge is 2.25. The van der Waals surface area contributed by atoms with E-state index in [2.05, 4.69) is 15.7 Å². The van der Waals surface area contributed by atoms with Crippen LogP contribution in [0.4, 0.5) is 5.69 Å². The number of ether oxygens (including phenoxy) is 1. The van der Waals surface area contributed by atoms with E-state index in [9.17, 15) is 4.79 Å². The molecule has 0 spiro atoms. The van der Waals surface area contributed by atoms with Crippen molar-refractivity contribution in [2.24, 2.45) is 7.05 Å². The molecule has 2 heterocycles. The largest absolute Gasteiger partial charge is 0.477 e. The lowest BCUT2D eigenvalue weighted by molar-refractivity contribution is -0.127. The molecule has 1 amide bonds. The molecule has 0 radical (unpaired) electrons. The predicted octanol–water partition coefficient (Wildman–Crippen LogP) is 0.952. The van der Waals surface area contributed by atoms with Gasteiger partial charge in [0.2, 0.25) is 0 Å². The third-order valence-electron chi connectivity index (χ3n) is 3.40. The van der Waals surface area contributed by atoms with Crippen molar-refractivity contribution < 1.29 is 9.53 Å². The predicted molar refractivity (Wildman–Crippen MR) is 79.3 cm³/mol. The van der Waals surface area contributed by atoms with Gasteiger partial charge < -0.3 is 15.4 Å². The number of anilines is 1. The molecule has 3 rings (SSSR count). The van der Waals surface area contributed by atoms with Gasteiger partial charge in [-0.3, -0.25) is 9.48 Å². The van der Waals surface area contributed by atoms with Crippen molar-refractivity contribution in [2.45, 2.75) is 12.5 Å². The molecule has 1 aliphatic rings. The SMILES string of the molecule is Cn1cc(CCNC(=O)C2CNc3ccccc3O2)cn1. The second-order valence-electron chi connectivity index (χ2n) is 5.05. The van der Waals surface area contributed by atoms with Gasteiger partial charge in [0.1, 0.15) is 5.75 Å². The maximum atomic E-state index is 12.1. The second kappa shape index (κ2) is 5.87. The van der Waals surface area contributed by atoms with E-state index in [1.54, 1.807) is 10.9 Å². The van der Waals surface area contributed by atoms with Crippen LogP contribution in [0.3, 0.4) is 0 Å². The van der Waals surface area contributed by atoms with E-state index in [1.807, 2.05) is 37.5 Å². The van der Waals surface area contributed by atoms with Gasteiger partial charge in [-0.25, -0.2) is 0 Å². The molecule has 2 aromatic rings. The number of fused-ring (bicyclic) bond motifs is 1. The van der Waals surface area contributed by atoms with Crippen molar-refractivity contribution in [1.29, 1.82) is 0 Å². The summed E-state index contributed by atoms with van der Waals surface area (Å²) in [5.41, 5.74) is 2.03. The number of aryl methyl sites for hydroxylation is 1. The van der Waals surface area contributed by atoms with Crippen molar-refractivity contribution in [1.82, 2.24) is 15.1 Å². The summed E-state index contributed by atoms with van der Waals surface area (Å²) in [5.74, 6) is 0.622. The van der Waals surface area contributed by atoms with Crippen LogP contribution in [0, 0.1) is 0 Å². The van der Waals surface area contributed by atoms with Crippen LogP contribution in [-0.4, -0.2) is 34.9 Å². The highest BCUT2D eigenvalue weighted by atomic mass is 16.5. The minimum Gasteiger partial charge on any atom is -0.477 e. The fraction of sp³-hybridized carbons (Fsp3) is 0.333. The number of aromatic nitrogens is 2. The number of rotatable bonds is 4. The van der Waals surface area contributed by atoms with Crippen LogP contribution in [-0.2, 0) is 18.3 Å². The van der Waals surface area contributed by atoms with Crippen molar-refractivity contribution in [3.63, 3.8) is 0 Å². The average Bonchev–Trinajstić information content (AvgIpc) is 2.92. The number of amides is 1. The molecule has 0 aliphatic carbocycles. The highest BCUT2D eigenvalue weighted by molar-refractivity contribution is 5.83. The smallest absolute Gasteiger partial charge is 0.262 e. The Morgan fingerprint density at radius 1 is 1.52 bits per heavy atom. The molecule has 110 valence electrons. The maximum Gasteiger partial charge on any atom is 0.262 e. The highest BCUT2D eigenvalue weighted by Crippen LogP contribution is 2.28. The summed E-state index contributed by atoms with van der Waals surface area (Å²) in [6.07, 6.45) is 4.02. The Morgan fingerprint density at radius 3 is 3.19 bits per heavy atom. The summed E-state index contributed by atoms with van der Waals surface area (Å²) in [4.78, 5) is 12.1. The van der Waals surface area contributed by atoms with Crippen molar-refractivity contribution in [3.05, 3.63) is 42.2 Å². The first kappa shape index (κ1) is 13.5. The quantitative estimate of drug-likeness (QED) is 0.878. The number of para-hydroxylation sites is 2. The molecule has 0 bridgehead atoms. The number of benzene rings is 1. The van der Waals surface area contributed by atoms with Crippen LogP contribution in [0.25, 0.3) is 0 Å². The topological polar surface area (TPSA) is 68.2 Å². The lowest BCUT2D eigenvalue weighted by Crippen LogP contribution is -2.45. The zero-order valence-electron chi connectivity index (χ0n) is 11.9. The molecule has 0 fully saturated rings. The van der Waals surface area contributed by atoms with E-state index in [-0.39, 0.29) is 5.91 Å². The number of carbonyl (C=O) groups is 1. The average molecular weight is 286 g/mol. The molecule has 0 saturated carbocycles. The van der Waals surface area contributed by atoms with Crippen LogP contribution >= 0.6 is 0 Å². The molecule has 0 saturated heterocycles. The third-order valence-corrected chi connectivity index (χ3v) is 3.40. The van der Waals surface area contributed by atoms with Gasteiger partial charge in [0.15, 0.2) is 6.10 Å². The van der Waals surface area contributed by atoms with Crippen LogP contribution in [0.2, 0.25) is 0 Å². The lowest BCUT2D eigenvalue weighted by Gasteiger charge is -2.26. The van der Waals surface area contributed by atoms with Gasteiger partial charge in [-0.1, -0.05) is 12.1 Å². The summed E-state index contributed by atoms with van der Waals surface area (Å²) in [5, 5.41) is 10.2. The fourth-order valence-corrected chi connectivity index (χ4v) is 2.30. The molecule has 1 aromatic heterocycles. The van der Waals surface area contributed by atoms with Crippen molar-refractivity contribution >= 4 is 11.6 Å². The van der Waals surface area contributed by atoms with Crippen LogP contribution in [0.5, 0.6) is 5.75 Å². The number of nitrogens with one attached hydrogen (secondary N) is 2. The van der Waals surface area contributed by atoms with Gasteiger partial charge >= 0.3 is 0 Å². The Morgan fingerprint density at radius 2 is 2.38 bits per heavy atom. The molecular formula is C15H18N4O2. The summed E-state index contributed by atoms with van der Waals surface area (Å²) in [6.45, 7) is 1.06. The van der Waals surface area contributed by atoms with E-state index >= 15 is 0 Å². The van der Waals surface area contributed by atoms with Crippen molar-refractivity contribution in [2.75, 3.05) is 18.4 Å². The zero-order valence-corrected chi connectivity index (χ0v) is 11.9. The number of nitrogens with zero attached hydrogens (tertiary/aromatic N) is 2. The third kappa shape index (κ3) is 3.16. The summed E-state index contributed by atoms with van der Waals surface area (Å²) in [7, 11) is 1.88. The Balaban J connectivity index is 1.50. The summed E-state index contributed by atoms with van der Waals surface area (Å²) in [6, 6.07) is 7.62. The minimum absolute atomic E-state index is 0.0964. The zero-order chi connectivity index (χ0) is 14.7. The van der Waals surface area contributed by atoms with E-state index in [4.69, 9.17) is 4.74 Å². The van der Waals surface area contributed by atoms with Crippen LogP contribution in [0.1, 0.15) is 5.56 Å². The second-order valence-corrected chi connectivity index (χ2v) is 5.05. The normalized spacial score (nSPS) is 16.5. The lowest BCUT2D eigenvalue weighted by atomic mass is 10.2. The Kier molecular flexibility index (Phi) is 3.77. The van der Waals surface area contributed by atoms with E-state index in [1.165, 1.54) is 0 Å². The van der Waals surface area contributed by atoms with Crippen LogP contribution in [0.15, 0.2) is 36.7 Å². The Labute approximate surface area is 123 Å². The first-order valence-corrected chi connectivity index (χ1v) is 6.97. The van der Waals surface area contributed by atoms with Gasteiger partial charge in [-0.2, -0.15) is 5.10 Å². The standard InChI is InChI=1S/C15H18N4O2/c1-19-10-11(8-18-19)6-7-16-15(20)14-9-17-12-4-2-3-5-13(12)21-14/h2-5,8,10,14,17H,6-7,9H2,1H3,(H,16,20).